The lowest BCUT2D eigenvalue weighted by atomic mass is 10.2. The molecule has 0 aliphatic carbocycles. The van der Waals surface area contributed by atoms with Crippen molar-refractivity contribution >= 4 is 29.4 Å². The Morgan fingerprint density at radius 2 is 2.12 bits per heavy atom. The van der Waals surface area contributed by atoms with Gasteiger partial charge in [0, 0.05) is 6.54 Å². The Morgan fingerprint density at radius 1 is 1.44 bits per heavy atom. The first kappa shape index (κ1) is 12.8. The van der Waals surface area contributed by atoms with Gasteiger partial charge in [-0.2, -0.15) is 0 Å². The molecule has 1 saturated heterocycles. The molecule has 7 heteroatoms. The summed E-state index contributed by atoms with van der Waals surface area (Å²) in [5.74, 6) is -1.91. The summed E-state index contributed by atoms with van der Waals surface area (Å²) in [6.07, 6.45) is 1.29. The topological polar surface area (TPSA) is 89.7 Å². The van der Waals surface area contributed by atoms with Crippen molar-refractivity contribution in [1.82, 2.24) is 4.90 Å². The Balaban J connectivity index is 2.47. The van der Waals surface area contributed by atoms with Gasteiger partial charge in [0.15, 0.2) is 6.61 Å². The predicted octanol–water partition coefficient (Wildman–Crippen LogP) is -0.755. The van der Waals surface area contributed by atoms with Gasteiger partial charge in [-0.1, -0.05) is 0 Å². The van der Waals surface area contributed by atoms with Crippen molar-refractivity contribution in [2.45, 2.75) is 18.9 Å². The van der Waals surface area contributed by atoms with E-state index in [-0.39, 0.29) is 5.88 Å². The zero-order valence-electron chi connectivity index (χ0n) is 8.65. The molecule has 0 spiro atoms. The van der Waals surface area contributed by atoms with Crippen molar-refractivity contribution in [2.24, 2.45) is 5.73 Å². The lowest BCUT2D eigenvalue weighted by molar-refractivity contribution is -0.151. The number of nitrogens with two attached hydrogens (primary N) is 1. The van der Waals surface area contributed by atoms with E-state index in [1.54, 1.807) is 0 Å². The number of nitrogens with zero attached hydrogens (tertiary/aromatic N) is 1. The number of esters is 1. The number of carbonyl (C=O) groups excluding carboxylic acids is 3. The Hall–Kier alpha value is -1.30. The average molecular weight is 249 g/mol. The maximum Gasteiger partial charge on any atom is 0.321 e. The number of ether oxygens (including phenoxy) is 1. The number of rotatable bonds is 4. The highest BCUT2D eigenvalue weighted by Gasteiger charge is 2.32. The van der Waals surface area contributed by atoms with E-state index in [0.29, 0.717) is 13.0 Å². The molecule has 0 aromatic carbocycles. The normalized spacial score (nSPS) is 19.6. The van der Waals surface area contributed by atoms with Crippen LogP contribution < -0.4 is 5.73 Å². The summed E-state index contributed by atoms with van der Waals surface area (Å²) >= 11 is 5.20. The first-order chi connectivity index (χ1) is 7.56. The Morgan fingerprint density at radius 3 is 2.69 bits per heavy atom. The fourth-order valence-electron chi connectivity index (χ4n) is 1.62. The van der Waals surface area contributed by atoms with Crippen molar-refractivity contribution < 1.29 is 19.1 Å². The SMILES string of the molecule is NC(=O)[C@@H]1CCCN1C(=O)COC(=O)CCl. The zero-order valence-corrected chi connectivity index (χ0v) is 9.40. The molecule has 16 heavy (non-hydrogen) atoms. The lowest BCUT2D eigenvalue weighted by Gasteiger charge is -2.21. The summed E-state index contributed by atoms with van der Waals surface area (Å²) in [5.41, 5.74) is 5.15. The van der Waals surface area contributed by atoms with E-state index in [9.17, 15) is 14.4 Å². The molecule has 1 fully saturated rings. The largest absolute Gasteiger partial charge is 0.455 e. The third-order valence-electron chi connectivity index (χ3n) is 2.37. The number of likely N-dealkylation sites (tertiary alicyclic amines) is 1. The zero-order chi connectivity index (χ0) is 12.1. The van der Waals surface area contributed by atoms with Gasteiger partial charge in [0.2, 0.25) is 5.91 Å². The van der Waals surface area contributed by atoms with Crippen molar-refractivity contribution in [3.8, 4) is 0 Å². The molecule has 1 rings (SSSR count). The van der Waals surface area contributed by atoms with E-state index in [4.69, 9.17) is 17.3 Å². The fraction of sp³-hybridized carbons (Fsp3) is 0.667. The molecule has 90 valence electrons. The number of amides is 2. The fourth-order valence-corrected chi connectivity index (χ4v) is 1.70. The van der Waals surface area contributed by atoms with Gasteiger partial charge in [-0.3, -0.25) is 14.4 Å². The number of hydrogen-bond donors (Lipinski definition) is 1. The van der Waals surface area contributed by atoms with Gasteiger partial charge in [-0.25, -0.2) is 0 Å². The van der Waals surface area contributed by atoms with Crippen molar-refractivity contribution in [3.05, 3.63) is 0 Å². The van der Waals surface area contributed by atoms with E-state index in [1.807, 2.05) is 0 Å². The molecule has 6 nitrogen and oxygen atoms in total. The van der Waals surface area contributed by atoms with Gasteiger partial charge in [0.05, 0.1) is 0 Å². The number of primary amides is 1. The highest BCUT2D eigenvalue weighted by molar-refractivity contribution is 6.26. The molecule has 0 saturated carbocycles. The summed E-state index contributed by atoms with van der Waals surface area (Å²) in [5, 5.41) is 0. The van der Waals surface area contributed by atoms with Crippen molar-refractivity contribution in [3.63, 3.8) is 0 Å². The predicted molar refractivity (Wildman–Crippen MR) is 55.6 cm³/mol. The maximum absolute atomic E-state index is 11.6. The lowest BCUT2D eigenvalue weighted by Crippen LogP contribution is -2.45. The number of hydrogen-bond acceptors (Lipinski definition) is 4. The number of carbonyl (C=O) groups is 3. The summed E-state index contributed by atoms with van der Waals surface area (Å²) in [4.78, 5) is 34.7. The second-order valence-corrected chi connectivity index (χ2v) is 3.71. The maximum atomic E-state index is 11.6. The van der Waals surface area contributed by atoms with E-state index in [2.05, 4.69) is 4.74 Å². The quantitative estimate of drug-likeness (QED) is 0.523. The number of halogens is 1. The monoisotopic (exact) mass is 248 g/mol. The van der Waals surface area contributed by atoms with Crippen LogP contribution in [0.3, 0.4) is 0 Å². The van der Waals surface area contributed by atoms with Crippen LogP contribution >= 0.6 is 11.6 Å². The average Bonchev–Trinajstić information content (AvgIpc) is 2.74. The van der Waals surface area contributed by atoms with Crippen LogP contribution in [-0.4, -0.2) is 47.8 Å². The van der Waals surface area contributed by atoms with E-state index < -0.39 is 30.4 Å². The van der Waals surface area contributed by atoms with Gasteiger partial charge < -0.3 is 15.4 Å². The first-order valence-corrected chi connectivity index (χ1v) is 5.40. The first-order valence-electron chi connectivity index (χ1n) is 4.86. The van der Waals surface area contributed by atoms with Crippen LogP contribution in [0.5, 0.6) is 0 Å². The van der Waals surface area contributed by atoms with Crippen LogP contribution in [0, 0.1) is 0 Å². The number of alkyl halides is 1. The molecule has 0 aromatic heterocycles. The van der Waals surface area contributed by atoms with Crippen LogP contribution in [0.1, 0.15) is 12.8 Å². The van der Waals surface area contributed by atoms with Gasteiger partial charge in [-0.05, 0) is 12.8 Å². The van der Waals surface area contributed by atoms with Crippen molar-refractivity contribution in [1.29, 1.82) is 0 Å². The molecule has 1 heterocycles. The van der Waals surface area contributed by atoms with E-state index in [0.717, 1.165) is 6.42 Å². The summed E-state index contributed by atoms with van der Waals surface area (Å²) in [6, 6.07) is -0.581. The smallest absolute Gasteiger partial charge is 0.321 e. The minimum Gasteiger partial charge on any atom is -0.455 e. The molecule has 1 aliphatic rings. The van der Waals surface area contributed by atoms with Gasteiger partial charge in [0.1, 0.15) is 11.9 Å². The standard InChI is InChI=1S/C9H13ClN2O4/c10-4-8(14)16-5-7(13)12-3-1-2-6(12)9(11)15/h6H,1-5H2,(H2,11,15)/t6-/m0/s1. The second-order valence-electron chi connectivity index (χ2n) is 3.44. The van der Waals surface area contributed by atoms with Crippen LogP contribution in [0.15, 0.2) is 0 Å². The van der Waals surface area contributed by atoms with Crippen LogP contribution in [-0.2, 0) is 19.1 Å². The third kappa shape index (κ3) is 3.10. The van der Waals surface area contributed by atoms with E-state index in [1.165, 1.54) is 4.90 Å². The van der Waals surface area contributed by atoms with E-state index >= 15 is 0 Å². The highest BCUT2D eigenvalue weighted by atomic mass is 35.5. The van der Waals surface area contributed by atoms with Gasteiger partial charge in [0.25, 0.3) is 5.91 Å². The minimum absolute atomic E-state index is 0.299. The van der Waals surface area contributed by atoms with Gasteiger partial charge in [-0.15, -0.1) is 11.6 Å². The summed E-state index contributed by atoms with van der Waals surface area (Å²) < 4.78 is 4.58. The summed E-state index contributed by atoms with van der Waals surface area (Å²) in [7, 11) is 0. The third-order valence-corrected chi connectivity index (χ3v) is 2.59. The molecular weight excluding hydrogens is 236 g/mol. The highest BCUT2D eigenvalue weighted by Crippen LogP contribution is 2.16. The molecule has 1 aliphatic heterocycles. The molecule has 1 atom stereocenters. The van der Waals surface area contributed by atoms with Crippen LogP contribution in [0.4, 0.5) is 0 Å². The molecule has 0 bridgehead atoms. The summed E-state index contributed by atoms with van der Waals surface area (Å²) in [6.45, 7) is 0.0696. The molecule has 0 unspecified atom stereocenters. The molecule has 2 amide bonds. The molecule has 0 radical (unpaired) electrons. The van der Waals surface area contributed by atoms with Gasteiger partial charge >= 0.3 is 5.97 Å². The van der Waals surface area contributed by atoms with Crippen LogP contribution in [0.25, 0.3) is 0 Å². The Kier molecular flexibility index (Phi) is 4.54. The Labute approximate surface area is 97.7 Å². The van der Waals surface area contributed by atoms with Crippen LogP contribution in [0.2, 0.25) is 0 Å². The molecule has 2 N–H and O–H groups in total. The second kappa shape index (κ2) is 5.69. The Bertz CT molecular complexity index is 308. The van der Waals surface area contributed by atoms with Crippen molar-refractivity contribution in [2.75, 3.05) is 19.0 Å². The molecule has 0 aromatic rings. The minimum atomic E-state index is -0.662. The molecular formula is C9H13ClN2O4.